The molecule has 0 spiro atoms. The molecule has 3 N–H and O–H groups in total. The standard InChI is InChI=1S/C22H31N7O/c30-19-18(11-5-6-13-23-19)25-21-26-20(24-14-12-17-9-3-1-4-10-17)27-22(28-21)29-15-7-2-8-16-29/h1,3-4,9-10,18H,2,5-8,11-16H2,(H,23,30)(H2,24,25,26,27,28). The Morgan fingerprint density at radius 1 is 0.967 bits per heavy atom. The molecular weight excluding hydrogens is 378 g/mol. The summed E-state index contributed by atoms with van der Waals surface area (Å²) >= 11 is 0. The zero-order valence-corrected chi connectivity index (χ0v) is 17.4. The number of rotatable bonds is 7. The highest BCUT2D eigenvalue weighted by Crippen LogP contribution is 2.20. The summed E-state index contributed by atoms with van der Waals surface area (Å²) in [5.74, 6) is 1.72. The molecule has 4 rings (SSSR count). The van der Waals surface area contributed by atoms with E-state index in [1.807, 2.05) is 18.2 Å². The topological polar surface area (TPSA) is 95.1 Å². The smallest absolute Gasteiger partial charge is 0.242 e. The number of piperidine rings is 1. The van der Waals surface area contributed by atoms with Crippen molar-refractivity contribution in [3.63, 3.8) is 0 Å². The van der Waals surface area contributed by atoms with E-state index in [1.165, 1.54) is 12.0 Å². The SMILES string of the molecule is O=C1NCCCCC1Nc1nc(NCCc2ccccc2)nc(N2CCCCC2)n1. The van der Waals surface area contributed by atoms with Gasteiger partial charge in [0.05, 0.1) is 0 Å². The lowest BCUT2D eigenvalue weighted by atomic mass is 10.1. The van der Waals surface area contributed by atoms with Crippen LogP contribution in [0.3, 0.4) is 0 Å². The molecule has 8 nitrogen and oxygen atoms in total. The van der Waals surface area contributed by atoms with Crippen molar-refractivity contribution in [2.45, 2.75) is 51.0 Å². The van der Waals surface area contributed by atoms with Gasteiger partial charge in [0, 0.05) is 26.2 Å². The fourth-order valence-electron chi connectivity index (χ4n) is 3.94. The number of hydrogen-bond donors (Lipinski definition) is 3. The summed E-state index contributed by atoms with van der Waals surface area (Å²) in [6, 6.07) is 10.0. The molecule has 2 aliphatic rings. The van der Waals surface area contributed by atoms with Crippen molar-refractivity contribution >= 4 is 23.8 Å². The summed E-state index contributed by atoms with van der Waals surface area (Å²) in [5, 5.41) is 9.56. The molecule has 2 fully saturated rings. The van der Waals surface area contributed by atoms with E-state index < -0.39 is 0 Å². The second-order valence-electron chi connectivity index (χ2n) is 7.98. The first-order chi connectivity index (χ1) is 14.8. The molecule has 1 unspecified atom stereocenters. The molecule has 0 bridgehead atoms. The number of carbonyl (C=O) groups is 1. The number of amides is 1. The molecule has 8 heteroatoms. The van der Waals surface area contributed by atoms with E-state index in [0.717, 1.165) is 64.7 Å². The number of nitrogens with zero attached hydrogens (tertiary/aromatic N) is 4. The molecule has 160 valence electrons. The summed E-state index contributed by atoms with van der Waals surface area (Å²) in [7, 11) is 0. The van der Waals surface area contributed by atoms with Crippen molar-refractivity contribution in [1.82, 2.24) is 20.3 Å². The number of aromatic nitrogens is 3. The predicted molar refractivity (Wildman–Crippen MR) is 119 cm³/mol. The molecule has 0 aliphatic carbocycles. The Bertz CT molecular complexity index is 823. The number of nitrogens with one attached hydrogen (secondary N) is 3. The Balaban J connectivity index is 1.49. The van der Waals surface area contributed by atoms with Gasteiger partial charge in [0.1, 0.15) is 6.04 Å². The van der Waals surface area contributed by atoms with Gasteiger partial charge in [-0.05, 0) is 50.5 Å². The Morgan fingerprint density at radius 3 is 2.60 bits per heavy atom. The summed E-state index contributed by atoms with van der Waals surface area (Å²) in [6.45, 7) is 3.38. The first-order valence-electron chi connectivity index (χ1n) is 11.1. The van der Waals surface area contributed by atoms with Gasteiger partial charge in [-0.2, -0.15) is 15.0 Å². The van der Waals surface area contributed by atoms with Gasteiger partial charge < -0.3 is 20.9 Å². The van der Waals surface area contributed by atoms with Gasteiger partial charge >= 0.3 is 0 Å². The van der Waals surface area contributed by atoms with Crippen molar-refractivity contribution < 1.29 is 4.79 Å². The number of benzene rings is 1. The minimum absolute atomic E-state index is 0.0195. The van der Waals surface area contributed by atoms with Crippen LogP contribution in [0.2, 0.25) is 0 Å². The molecule has 1 atom stereocenters. The molecule has 0 radical (unpaired) electrons. The Morgan fingerprint density at radius 2 is 1.77 bits per heavy atom. The van der Waals surface area contributed by atoms with Gasteiger partial charge in [-0.25, -0.2) is 0 Å². The Labute approximate surface area is 177 Å². The van der Waals surface area contributed by atoms with Crippen molar-refractivity contribution in [1.29, 1.82) is 0 Å². The maximum Gasteiger partial charge on any atom is 0.242 e. The molecule has 0 saturated carbocycles. The van der Waals surface area contributed by atoms with Gasteiger partial charge in [0.15, 0.2) is 0 Å². The van der Waals surface area contributed by atoms with Crippen molar-refractivity contribution in [3.05, 3.63) is 35.9 Å². The van der Waals surface area contributed by atoms with Crippen LogP contribution >= 0.6 is 0 Å². The van der Waals surface area contributed by atoms with Crippen LogP contribution in [-0.4, -0.2) is 53.1 Å². The minimum atomic E-state index is -0.304. The minimum Gasteiger partial charge on any atom is -0.354 e. The lowest BCUT2D eigenvalue weighted by Crippen LogP contribution is -2.38. The quantitative estimate of drug-likeness (QED) is 0.647. The average Bonchev–Trinajstić information content (AvgIpc) is 2.99. The second-order valence-corrected chi connectivity index (χ2v) is 7.98. The van der Waals surface area contributed by atoms with E-state index >= 15 is 0 Å². The summed E-state index contributed by atoms with van der Waals surface area (Å²) in [5.41, 5.74) is 1.27. The van der Waals surface area contributed by atoms with Crippen molar-refractivity contribution in [3.8, 4) is 0 Å². The van der Waals surface area contributed by atoms with E-state index in [1.54, 1.807) is 0 Å². The Hall–Kier alpha value is -2.90. The van der Waals surface area contributed by atoms with Crippen LogP contribution in [0.5, 0.6) is 0 Å². The molecule has 1 aromatic carbocycles. The molecular formula is C22H31N7O. The molecule has 2 aliphatic heterocycles. The molecule has 2 saturated heterocycles. The summed E-state index contributed by atoms with van der Waals surface area (Å²) in [6.07, 6.45) is 7.23. The zero-order chi connectivity index (χ0) is 20.6. The average molecular weight is 410 g/mol. The maximum absolute atomic E-state index is 12.3. The molecule has 1 aromatic heterocycles. The largest absolute Gasteiger partial charge is 0.354 e. The monoisotopic (exact) mass is 409 g/mol. The summed E-state index contributed by atoms with van der Waals surface area (Å²) < 4.78 is 0. The lowest BCUT2D eigenvalue weighted by molar-refractivity contribution is -0.121. The predicted octanol–water partition coefficient (Wildman–Crippen LogP) is 2.60. The third kappa shape index (κ3) is 5.58. The first-order valence-corrected chi connectivity index (χ1v) is 11.1. The highest BCUT2D eigenvalue weighted by Gasteiger charge is 2.23. The highest BCUT2D eigenvalue weighted by molar-refractivity contribution is 5.84. The Kier molecular flexibility index (Phi) is 6.95. The van der Waals surface area contributed by atoms with E-state index in [9.17, 15) is 4.79 Å². The fourth-order valence-corrected chi connectivity index (χ4v) is 3.94. The second kappa shape index (κ2) is 10.2. The van der Waals surface area contributed by atoms with Gasteiger partial charge in [0.2, 0.25) is 23.8 Å². The molecule has 2 aromatic rings. The van der Waals surface area contributed by atoms with E-state index in [-0.39, 0.29) is 11.9 Å². The summed E-state index contributed by atoms with van der Waals surface area (Å²) in [4.78, 5) is 28.5. The molecule has 30 heavy (non-hydrogen) atoms. The number of hydrogen-bond acceptors (Lipinski definition) is 7. The van der Waals surface area contributed by atoms with Gasteiger partial charge in [0.25, 0.3) is 0 Å². The van der Waals surface area contributed by atoms with Crippen LogP contribution in [0, 0.1) is 0 Å². The van der Waals surface area contributed by atoms with E-state index in [0.29, 0.717) is 17.8 Å². The molecule has 3 heterocycles. The van der Waals surface area contributed by atoms with Crippen molar-refractivity contribution in [2.75, 3.05) is 41.7 Å². The van der Waals surface area contributed by atoms with Crippen LogP contribution in [0.1, 0.15) is 44.1 Å². The third-order valence-electron chi connectivity index (χ3n) is 5.64. The first kappa shape index (κ1) is 20.4. The maximum atomic E-state index is 12.3. The van der Waals surface area contributed by atoms with Crippen LogP contribution in [0.15, 0.2) is 30.3 Å². The number of anilines is 3. The van der Waals surface area contributed by atoms with Gasteiger partial charge in [-0.3, -0.25) is 4.79 Å². The highest BCUT2D eigenvalue weighted by atomic mass is 16.2. The van der Waals surface area contributed by atoms with Crippen LogP contribution in [0.25, 0.3) is 0 Å². The lowest BCUT2D eigenvalue weighted by Gasteiger charge is -2.27. The van der Waals surface area contributed by atoms with Gasteiger partial charge in [-0.15, -0.1) is 0 Å². The fraction of sp³-hybridized carbons (Fsp3) is 0.545. The zero-order valence-electron chi connectivity index (χ0n) is 17.4. The van der Waals surface area contributed by atoms with Gasteiger partial charge in [-0.1, -0.05) is 30.3 Å². The van der Waals surface area contributed by atoms with Crippen LogP contribution < -0.4 is 20.9 Å². The van der Waals surface area contributed by atoms with Crippen molar-refractivity contribution in [2.24, 2.45) is 0 Å². The van der Waals surface area contributed by atoms with Crippen LogP contribution in [0.4, 0.5) is 17.8 Å². The normalized spacial score (nSPS) is 19.7. The third-order valence-corrected chi connectivity index (χ3v) is 5.64. The van der Waals surface area contributed by atoms with E-state index in [4.69, 9.17) is 0 Å². The van der Waals surface area contributed by atoms with E-state index in [2.05, 4.69) is 47.9 Å². The number of carbonyl (C=O) groups excluding carboxylic acids is 1. The molecule has 1 amide bonds. The van der Waals surface area contributed by atoms with Crippen LogP contribution in [-0.2, 0) is 11.2 Å².